The lowest BCUT2D eigenvalue weighted by molar-refractivity contribution is 0.0391. The van der Waals surface area contributed by atoms with Crippen LogP contribution in [0.5, 0.6) is 0 Å². The minimum atomic E-state index is -0.415. The number of rotatable bonds is 1. The number of halogens is 1. The number of aryl methyl sites for hydroxylation is 1. The third kappa shape index (κ3) is 2.33. The van der Waals surface area contributed by atoms with E-state index < -0.39 is 5.82 Å². The molecule has 0 saturated carbocycles. The molecule has 20 heavy (non-hydrogen) atoms. The van der Waals surface area contributed by atoms with E-state index in [-0.39, 0.29) is 17.5 Å². The standard InChI is InChI=1S/C16H21FN2O/c1-11-5-6-15(17)14(8-11)16(20)19-10-13-4-3-7-18(13)9-12(19)2/h5-6,8,12-13H,3-4,7,9-10H2,1-2H3. The number of hydrogen-bond donors (Lipinski definition) is 0. The van der Waals surface area contributed by atoms with Crippen molar-refractivity contribution in [2.75, 3.05) is 19.6 Å². The van der Waals surface area contributed by atoms with E-state index in [0.717, 1.165) is 31.6 Å². The maximum atomic E-state index is 13.9. The Morgan fingerprint density at radius 3 is 2.95 bits per heavy atom. The van der Waals surface area contributed by atoms with Gasteiger partial charge in [-0.25, -0.2) is 4.39 Å². The molecule has 0 radical (unpaired) electrons. The number of piperazine rings is 1. The van der Waals surface area contributed by atoms with Gasteiger partial charge in [0.25, 0.3) is 5.91 Å². The van der Waals surface area contributed by atoms with Crippen molar-refractivity contribution >= 4 is 5.91 Å². The number of amides is 1. The van der Waals surface area contributed by atoms with Crippen molar-refractivity contribution in [1.29, 1.82) is 0 Å². The normalized spacial score (nSPS) is 26.6. The molecule has 2 fully saturated rings. The lowest BCUT2D eigenvalue weighted by Gasteiger charge is -2.42. The van der Waals surface area contributed by atoms with E-state index >= 15 is 0 Å². The molecule has 0 N–H and O–H groups in total. The second-order valence-electron chi connectivity index (χ2n) is 6.08. The molecule has 2 aliphatic rings. The van der Waals surface area contributed by atoms with Crippen LogP contribution in [0.15, 0.2) is 18.2 Å². The first-order valence-electron chi connectivity index (χ1n) is 7.37. The summed E-state index contributed by atoms with van der Waals surface area (Å²) in [7, 11) is 0. The molecule has 1 amide bonds. The van der Waals surface area contributed by atoms with Crippen LogP contribution in [-0.4, -0.2) is 47.4 Å². The fourth-order valence-electron chi connectivity index (χ4n) is 3.43. The summed E-state index contributed by atoms with van der Waals surface area (Å²) in [6.07, 6.45) is 2.35. The number of fused-ring (bicyclic) bond motifs is 1. The highest BCUT2D eigenvalue weighted by molar-refractivity contribution is 5.95. The van der Waals surface area contributed by atoms with Gasteiger partial charge < -0.3 is 4.90 Å². The van der Waals surface area contributed by atoms with Crippen molar-refractivity contribution in [3.63, 3.8) is 0 Å². The van der Waals surface area contributed by atoms with Gasteiger partial charge in [0, 0.05) is 25.2 Å². The Bertz CT molecular complexity index is 531. The second kappa shape index (κ2) is 5.17. The molecule has 0 bridgehead atoms. The average molecular weight is 276 g/mol. The first-order chi connectivity index (χ1) is 9.56. The summed E-state index contributed by atoms with van der Waals surface area (Å²) in [5.74, 6) is -0.577. The molecule has 2 heterocycles. The molecule has 1 aromatic rings. The largest absolute Gasteiger partial charge is 0.333 e. The van der Waals surface area contributed by atoms with Crippen LogP contribution in [-0.2, 0) is 0 Å². The van der Waals surface area contributed by atoms with Crippen LogP contribution in [0.2, 0.25) is 0 Å². The molecule has 0 aliphatic carbocycles. The highest BCUT2D eigenvalue weighted by atomic mass is 19.1. The first kappa shape index (κ1) is 13.6. The zero-order valence-electron chi connectivity index (χ0n) is 12.1. The van der Waals surface area contributed by atoms with Gasteiger partial charge in [0.1, 0.15) is 5.82 Å². The van der Waals surface area contributed by atoms with E-state index in [0.29, 0.717) is 6.04 Å². The van der Waals surface area contributed by atoms with Crippen molar-refractivity contribution in [3.05, 3.63) is 35.1 Å². The van der Waals surface area contributed by atoms with E-state index in [1.807, 2.05) is 11.8 Å². The van der Waals surface area contributed by atoms with Gasteiger partial charge in [0.05, 0.1) is 5.56 Å². The molecule has 3 rings (SSSR count). The molecule has 4 heteroatoms. The molecule has 2 saturated heterocycles. The van der Waals surface area contributed by atoms with E-state index in [2.05, 4.69) is 11.8 Å². The van der Waals surface area contributed by atoms with Gasteiger partial charge in [-0.2, -0.15) is 0 Å². The van der Waals surface area contributed by atoms with Gasteiger partial charge in [-0.05, 0) is 45.4 Å². The molecule has 3 nitrogen and oxygen atoms in total. The van der Waals surface area contributed by atoms with Crippen LogP contribution in [0, 0.1) is 12.7 Å². The van der Waals surface area contributed by atoms with Crippen LogP contribution in [0.25, 0.3) is 0 Å². The molecule has 2 unspecified atom stereocenters. The fourth-order valence-corrected chi connectivity index (χ4v) is 3.43. The van der Waals surface area contributed by atoms with Gasteiger partial charge in [0.15, 0.2) is 0 Å². The summed E-state index contributed by atoms with van der Waals surface area (Å²) in [5, 5.41) is 0. The second-order valence-corrected chi connectivity index (χ2v) is 6.08. The first-order valence-corrected chi connectivity index (χ1v) is 7.37. The minimum absolute atomic E-state index is 0.150. The highest BCUT2D eigenvalue weighted by Crippen LogP contribution is 2.26. The van der Waals surface area contributed by atoms with Crippen molar-refractivity contribution < 1.29 is 9.18 Å². The SMILES string of the molecule is Cc1ccc(F)c(C(=O)N2CC3CCCN3CC2C)c1. The van der Waals surface area contributed by atoms with E-state index in [9.17, 15) is 9.18 Å². The summed E-state index contributed by atoms with van der Waals surface area (Å²) in [6.45, 7) is 6.71. The number of carbonyl (C=O) groups excluding carboxylic acids is 1. The van der Waals surface area contributed by atoms with Crippen LogP contribution in [0.1, 0.15) is 35.7 Å². The summed E-state index contributed by atoms with van der Waals surface area (Å²) < 4.78 is 13.9. The van der Waals surface area contributed by atoms with Crippen molar-refractivity contribution in [3.8, 4) is 0 Å². The minimum Gasteiger partial charge on any atom is -0.333 e. The van der Waals surface area contributed by atoms with Crippen LogP contribution in [0.3, 0.4) is 0 Å². The Balaban J connectivity index is 1.84. The molecule has 1 aromatic carbocycles. The van der Waals surface area contributed by atoms with Crippen molar-refractivity contribution in [1.82, 2.24) is 9.80 Å². The number of nitrogens with zero attached hydrogens (tertiary/aromatic N) is 2. The Morgan fingerprint density at radius 2 is 2.15 bits per heavy atom. The van der Waals surface area contributed by atoms with Gasteiger partial charge in [-0.3, -0.25) is 9.69 Å². The molecular weight excluding hydrogens is 255 g/mol. The Labute approximate surface area is 119 Å². The molecule has 108 valence electrons. The smallest absolute Gasteiger partial charge is 0.257 e. The Hall–Kier alpha value is -1.42. The predicted octanol–water partition coefficient (Wildman–Crippen LogP) is 2.44. The molecular formula is C16H21FN2O. The number of benzene rings is 1. The molecule has 0 spiro atoms. The zero-order valence-corrected chi connectivity index (χ0v) is 12.1. The lowest BCUT2D eigenvalue weighted by Crippen LogP contribution is -2.56. The van der Waals surface area contributed by atoms with E-state index in [4.69, 9.17) is 0 Å². The summed E-state index contributed by atoms with van der Waals surface area (Å²) in [5.41, 5.74) is 1.13. The highest BCUT2D eigenvalue weighted by Gasteiger charge is 2.37. The van der Waals surface area contributed by atoms with E-state index in [1.165, 1.54) is 12.5 Å². The molecule has 2 aliphatic heterocycles. The van der Waals surface area contributed by atoms with Gasteiger partial charge in [-0.15, -0.1) is 0 Å². The van der Waals surface area contributed by atoms with E-state index in [1.54, 1.807) is 12.1 Å². The van der Waals surface area contributed by atoms with Gasteiger partial charge >= 0.3 is 0 Å². The zero-order chi connectivity index (χ0) is 14.3. The maximum absolute atomic E-state index is 13.9. The molecule has 2 atom stereocenters. The summed E-state index contributed by atoms with van der Waals surface area (Å²) in [6, 6.07) is 5.36. The summed E-state index contributed by atoms with van der Waals surface area (Å²) in [4.78, 5) is 17.0. The van der Waals surface area contributed by atoms with Crippen LogP contribution < -0.4 is 0 Å². The summed E-state index contributed by atoms with van der Waals surface area (Å²) >= 11 is 0. The van der Waals surface area contributed by atoms with Gasteiger partial charge in [-0.1, -0.05) is 11.6 Å². The third-order valence-electron chi connectivity index (χ3n) is 4.55. The maximum Gasteiger partial charge on any atom is 0.257 e. The number of hydrogen-bond acceptors (Lipinski definition) is 2. The fraction of sp³-hybridized carbons (Fsp3) is 0.562. The quantitative estimate of drug-likeness (QED) is 0.786. The van der Waals surface area contributed by atoms with Crippen LogP contribution in [0.4, 0.5) is 4.39 Å². The predicted molar refractivity (Wildman–Crippen MR) is 76.2 cm³/mol. The van der Waals surface area contributed by atoms with Gasteiger partial charge in [0.2, 0.25) is 0 Å². The topological polar surface area (TPSA) is 23.6 Å². The van der Waals surface area contributed by atoms with Crippen molar-refractivity contribution in [2.45, 2.75) is 38.8 Å². The average Bonchev–Trinajstić information content (AvgIpc) is 2.87. The lowest BCUT2D eigenvalue weighted by atomic mass is 10.0. The van der Waals surface area contributed by atoms with Crippen molar-refractivity contribution in [2.24, 2.45) is 0 Å². The molecule has 0 aromatic heterocycles. The monoisotopic (exact) mass is 276 g/mol. The van der Waals surface area contributed by atoms with Crippen LogP contribution >= 0.6 is 0 Å². The third-order valence-corrected chi connectivity index (χ3v) is 4.55. The number of carbonyl (C=O) groups is 1. The Kier molecular flexibility index (Phi) is 3.50. The Morgan fingerprint density at radius 1 is 1.35 bits per heavy atom.